The van der Waals surface area contributed by atoms with Gasteiger partial charge in [0.15, 0.2) is 0 Å². The third-order valence-corrected chi connectivity index (χ3v) is 7.72. The molecule has 1 aromatic carbocycles. The Balaban J connectivity index is 1.29. The smallest absolute Gasteiger partial charge is 0.407 e. The summed E-state index contributed by atoms with van der Waals surface area (Å²) in [6.07, 6.45) is 6.59. The second-order valence-electron chi connectivity index (χ2n) is 9.09. The Labute approximate surface area is 221 Å². The highest BCUT2D eigenvalue weighted by Crippen LogP contribution is 2.37. The number of rotatable bonds is 11. The van der Waals surface area contributed by atoms with Gasteiger partial charge in [-0.3, -0.25) is 9.78 Å². The van der Waals surface area contributed by atoms with Crippen LogP contribution in [0.5, 0.6) is 5.75 Å². The topological polar surface area (TPSA) is 101 Å². The molecule has 0 bridgehead atoms. The largest absolute Gasteiger partial charge is 0.494 e. The van der Waals surface area contributed by atoms with Gasteiger partial charge < -0.3 is 14.8 Å². The number of hydrogen-bond donors (Lipinski definition) is 1. The van der Waals surface area contributed by atoms with Gasteiger partial charge in [0, 0.05) is 41.5 Å². The second kappa shape index (κ2) is 13.0. The van der Waals surface area contributed by atoms with Crippen LogP contribution in [-0.4, -0.2) is 30.1 Å². The zero-order chi connectivity index (χ0) is 26.0. The van der Waals surface area contributed by atoms with E-state index in [1.165, 1.54) is 0 Å². The Morgan fingerprint density at radius 1 is 1.24 bits per heavy atom. The number of nitrogens with zero attached hydrogens (tertiary/aromatic N) is 2. The third kappa shape index (κ3) is 7.17. The molecule has 0 saturated carbocycles. The first kappa shape index (κ1) is 26.4. The summed E-state index contributed by atoms with van der Waals surface area (Å²) < 4.78 is 11.1. The lowest BCUT2D eigenvalue weighted by Crippen LogP contribution is -2.27. The number of hydrogen-bond acceptors (Lipinski definition) is 7. The average molecular weight is 518 g/mol. The number of alkyl carbamates (subject to hydrolysis) is 1. The molecule has 2 aromatic heterocycles. The molecule has 1 N–H and O–H groups in total. The van der Waals surface area contributed by atoms with Crippen molar-refractivity contribution in [3.05, 3.63) is 80.8 Å². The van der Waals surface area contributed by atoms with Crippen LogP contribution in [-0.2, 0) is 41.8 Å². The highest BCUT2D eigenvalue weighted by Gasteiger charge is 2.27. The summed E-state index contributed by atoms with van der Waals surface area (Å²) in [6, 6.07) is 13.9. The Bertz CT molecular complexity index is 1270. The van der Waals surface area contributed by atoms with Crippen LogP contribution >= 0.6 is 11.3 Å². The lowest BCUT2D eigenvalue weighted by Gasteiger charge is -2.22. The highest BCUT2D eigenvalue weighted by atomic mass is 32.1. The first-order chi connectivity index (χ1) is 18.1. The fourth-order valence-electron chi connectivity index (χ4n) is 4.58. The molecule has 4 rings (SSSR count). The molecule has 1 aliphatic carbocycles. The van der Waals surface area contributed by atoms with E-state index in [0.29, 0.717) is 38.2 Å². The van der Waals surface area contributed by atoms with Crippen molar-refractivity contribution in [1.29, 1.82) is 5.26 Å². The maximum Gasteiger partial charge on any atom is 0.407 e. The Hall–Kier alpha value is -3.70. The first-order valence-corrected chi connectivity index (χ1v) is 13.4. The number of aryl methyl sites for hydroxylation is 1. The fraction of sp³-hybridized carbons (Fsp3) is 0.379. The Morgan fingerprint density at radius 2 is 2.11 bits per heavy atom. The van der Waals surface area contributed by atoms with E-state index in [-0.39, 0.29) is 18.1 Å². The predicted octanol–water partition coefficient (Wildman–Crippen LogP) is 5.19. The molecule has 3 aromatic rings. The van der Waals surface area contributed by atoms with Gasteiger partial charge in [-0.15, -0.1) is 11.3 Å². The van der Waals surface area contributed by atoms with Gasteiger partial charge in [0.1, 0.15) is 17.6 Å². The zero-order valence-electron chi connectivity index (χ0n) is 21.0. The number of amides is 1. The molecular formula is C29H31N3O4S. The van der Waals surface area contributed by atoms with Gasteiger partial charge in [-0.1, -0.05) is 24.3 Å². The number of thiophene rings is 1. The SMILES string of the molecule is CCOc1ccccc1CCC(=O)Cc1sc2c(c1C#N)CCC(COC(=O)NCc1cccnc1)C2. The summed E-state index contributed by atoms with van der Waals surface area (Å²) in [5, 5.41) is 12.6. The van der Waals surface area contributed by atoms with E-state index < -0.39 is 6.09 Å². The van der Waals surface area contributed by atoms with Gasteiger partial charge in [-0.05, 0) is 67.3 Å². The van der Waals surface area contributed by atoms with Crippen LogP contribution in [0.15, 0.2) is 48.8 Å². The van der Waals surface area contributed by atoms with Crippen molar-refractivity contribution in [2.75, 3.05) is 13.2 Å². The molecule has 1 amide bonds. The van der Waals surface area contributed by atoms with Gasteiger partial charge >= 0.3 is 6.09 Å². The zero-order valence-corrected chi connectivity index (χ0v) is 21.8. The fourth-order valence-corrected chi connectivity index (χ4v) is 6.03. The number of Topliss-reactive ketones (excluding diaryl/α,β-unsaturated/α-hetero) is 1. The van der Waals surface area contributed by atoms with Gasteiger partial charge in [-0.2, -0.15) is 5.26 Å². The number of carbonyl (C=O) groups excluding carboxylic acids is 2. The molecule has 0 radical (unpaired) electrons. The summed E-state index contributed by atoms with van der Waals surface area (Å²) in [5.74, 6) is 1.13. The molecule has 8 heteroatoms. The third-order valence-electron chi connectivity index (χ3n) is 6.47. The number of nitriles is 1. The molecule has 1 unspecified atom stereocenters. The number of aromatic nitrogens is 1. The van der Waals surface area contributed by atoms with Gasteiger partial charge in [0.25, 0.3) is 0 Å². The van der Waals surface area contributed by atoms with E-state index in [9.17, 15) is 14.9 Å². The molecule has 0 spiro atoms. The van der Waals surface area contributed by atoms with Crippen molar-refractivity contribution in [2.45, 2.75) is 52.0 Å². The number of carbonyl (C=O) groups is 2. The van der Waals surface area contributed by atoms with Crippen LogP contribution in [0.1, 0.15) is 51.8 Å². The minimum atomic E-state index is -0.448. The van der Waals surface area contributed by atoms with E-state index in [2.05, 4.69) is 16.4 Å². The molecule has 0 aliphatic heterocycles. The van der Waals surface area contributed by atoms with Crippen molar-refractivity contribution in [3.8, 4) is 11.8 Å². The summed E-state index contributed by atoms with van der Waals surface area (Å²) in [6.45, 7) is 3.22. The van der Waals surface area contributed by atoms with Crippen LogP contribution in [0.4, 0.5) is 4.79 Å². The summed E-state index contributed by atoms with van der Waals surface area (Å²) in [5.41, 5.74) is 3.66. The molecule has 2 heterocycles. The minimum Gasteiger partial charge on any atom is -0.494 e. The molecule has 0 fully saturated rings. The Kier molecular flexibility index (Phi) is 9.28. The number of ketones is 1. The number of para-hydroxylation sites is 1. The normalized spacial score (nSPS) is 14.3. The van der Waals surface area contributed by atoms with Crippen molar-refractivity contribution in [1.82, 2.24) is 10.3 Å². The standard InChI is InChI=1S/C29H31N3O4S/c1-2-35-26-8-4-3-7-22(26)10-11-23(33)15-28-25(16-30)24-12-9-20(14-27(24)37-28)19-36-29(34)32-18-21-6-5-13-31-17-21/h3-8,13,17,20H,2,9-12,14-15,18-19H2,1H3,(H,32,34). The summed E-state index contributed by atoms with van der Waals surface area (Å²) in [4.78, 5) is 31.0. The van der Waals surface area contributed by atoms with Crippen LogP contribution in [0.3, 0.4) is 0 Å². The maximum atomic E-state index is 12.8. The van der Waals surface area contributed by atoms with Crippen LogP contribution < -0.4 is 10.1 Å². The van der Waals surface area contributed by atoms with Crippen LogP contribution in [0.2, 0.25) is 0 Å². The van der Waals surface area contributed by atoms with Gasteiger partial charge in [0.05, 0.1) is 18.8 Å². The van der Waals surface area contributed by atoms with E-state index in [0.717, 1.165) is 51.5 Å². The molecule has 37 heavy (non-hydrogen) atoms. The number of benzene rings is 1. The monoisotopic (exact) mass is 517 g/mol. The number of ether oxygens (including phenoxy) is 2. The van der Waals surface area contributed by atoms with Crippen molar-refractivity contribution >= 4 is 23.2 Å². The minimum absolute atomic E-state index is 0.117. The van der Waals surface area contributed by atoms with Crippen molar-refractivity contribution in [2.24, 2.45) is 5.92 Å². The number of fused-ring (bicyclic) bond motifs is 1. The van der Waals surface area contributed by atoms with E-state index in [1.54, 1.807) is 23.7 Å². The summed E-state index contributed by atoms with van der Waals surface area (Å²) >= 11 is 1.56. The second-order valence-corrected chi connectivity index (χ2v) is 10.3. The molecule has 0 saturated heterocycles. The van der Waals surface area contributed by atoms with E-state index in [4.69, 9.17) is 9.47 Å². The van der Waals surface area contributed by atoms with Crippen molar-refractivity contribution in [3.63, 3.8) is 0 Å². The van der Waals surface area contributed by atoms with E-state index in [1.807, 2.05) is 43.3 Å². The highest BCUT2D eigenvalue weighted by molar-refractivity contribution is 7.12. The molecule has 1 atom stereocenters. The lowest BCUT2D eigenvalue weighted by molar-refractivity contribution is -0.118. The molecule has 7 nitrogen and oxygen atoms in total. The molecular weight excluding hydrogens is 486 g/mol. The average Bonchev–Trinajstić information content (AvgIpc) is 3.27. The van der Waals surface area contributed by atoms with Crippen molar-refractivity contribution < 1.29 is 19.1 Å². The van der Waals surface area contributed by atoms with Crippen LogP contribution in [0, 0.1) is 17.2 Å². The van der Waals surface area contributed by atoms with Gasteiger partial charge in [0.2, 0.25) is 0 Å². The van der Waals surface area contributed by atoms with Gasteiger partial charge in [-0.25, -0.2) is 4.79 Å². The maximum absolute atomic E-state index is 12.8. The van der Waals surface area contributed by atoms with Crippen LogP contribution in [0.25, 0.3) is 0 Å². The lowest BCUT2D eigenvalue weighted by atomic mass is 9.87. The number of nitrogens with one attached hydrogen (secondary N) is 1. The quantitative estimate of drug-likeness (QED) is 0.376. The Morgan fingerprint density at radius 3 is 2.89 bits per heavy atom. The predicted molar refractivity (Wildman–Crippen MR) is 142 cm³/mol. The number of pyridine rings is 1. The van der Waals surface area contributed by atoms with E-state index >= 15 is 0 Å². The first-order valence-electron chi connectivity index (χ1n) is 12.6. The summed E-state index contributed by atoms with van der Waals surface area (Å²) in [7, 11) is 0. The molecule has 1 aliphatic rings. The molecule has 192 valence electrons.